The van der Waals surface area contributed by atoms with Crippen LogP contribution in [0.15, 0.2) is 0 Å². The summed E-state index contributed by atoms with van der Waals surface area (Å²) in [7, 11) is 1.34. The van der Waals surface area contributed by atoms with Gasteiger partial charge in [-0.25, -0.2) is 0 Å². The maximum atomic E-state index is 11.7. The highest BCUT2D eigenvalue weighted by atomic mass is 16.5. The molecule has 1 fully saturated rings. The summed E-state index contributed by atoms with van der Waals surface area (Å²) in [4.78, 5) is 22.6. The van der Waals surface area contributed by atoms with E-state index in [1.54, 1.807) is 0 Å². The van der Waals surface area contributed by atoms with Crippen LogP contribution >= 0.6 is 0 Å². The van der Waals surface area contributed by atoms with Crippen molar-refractivity contribution in [2.24, 2.45) is 11.3 Å². The van der Waals surface area contributed by atoms with Crippen LogP contribution in [0.4, 0.5) is 0 Å². The quantitative estimate of drug-likeness (QED) is 0.754. The first-order valence-electron chi connectivity index (χ1n) is 7.29. The van der Waals surface area contributed by atoms with E-state index >= 15 is 0 Å². The van der Waals surface area contributed by atoms with Crippen molar-refractivity contribution in [3.63, 3.8) is 0 Å². The fourth-order valence-corrected chi connectivity index (χ4v) is 2.76. The second-order valence-corrected chi connectivity index (χ2v) is 6.18. The van der Waals surface area contributed by atoms with Gasteiger partial charge in [0.1, 0.15) is 0 Å². The molecule has 0 radical (unpaired) electrons. The van der Waals surface area contributed by atoms with Crippen molar-refractivity contribution >= 4 is 11.9 Å². The van der Waals surface area contributed by atoms with Crippen LogP contribution in [-0.4, -0.2) is 25.5 Å². The molecule has 1 saturated carbocycles. The van der Waals surface area contributed by atoms with Gasteiger partial charge in [-0.1, -0.05) is 33.1 Å². The molecule has 0 heterocycles. The van der Waals surface area contributed by atoms with Crippen LogP contribution in [0, 0.1) is 11.3 Å². The second kappa shape index (κ2) is 7.51. The molecule has 1 aliphatic carbocycles. The van der Waals surface area contributed by atoms with Crippen LogP contribution in [0.3, 0.4) is 0 Å². The molecule has 0 unspecified atom stereocenters. The zero-order valence-electron chi connectivity index (χ0n) is 12.5. The first-order chi connectivity index (χ1) is 8.95. The Morgan fingerprint density at radius 2 is 1.79 bits per heavy atom. The van der Waals surface area contributed by atoms with Gasteiger partial charge in [-0.05, 0) is 24.2 Å². The topological polar surface area (TPSA) is 55.4 Å². The maximum Gasteiger partial charge on any atom is 0.306 e. The molecule has 4 nitrogen and oxygen atoms in total. The van der Waals surface area contributed by atoms with Gasteiger partial charge in [-0.15, -0.1) is 0 Å². The summed E-state index contributed by atoms with van der Waals surface area (Å²) in [6, 6.07) is 0. The molecule has 19 heavy (non-hydrogen) atoms. The van der Waals surface area contributed by atoms with Gasteiger partial charge in [0.15, 0.2) is 0 Å². The van der Waals surface area contributed by atoms with Crippen LogP contribution in [-0.2, 0) is 14.3 Å². The highest BCUT2D eigenvalue weighted by Gasteiger charge is 2.30. The molecule has 1 aliphatic rings. The molecule has 1 N–H and O–H groups in total. The SMILES string of the molecule is COC(=O)CCC(=O)NCC(C)(C)C1CCCCC1. The fourth-order valence-electron chi connectivity index (χ4n) is 2.76. The molecule has 0 atom stereocenters. The third-order valence-electron chi connectivity index (χ3n) is 4.24. The zero-order valence-corrected chi connectivity index (χ0v) is 12.5. The van der Waals surface area contributed by atoms with E-state index in [-0.39, 0.29) is 30.1 Å². The number of esters is 1. The molecule has 1 rings (SSSR count). The van der Waals surface area contributed by atoms with Crippen molar-refractivity contribution in [1.82, 2.24) is 5.32 Å². The number of hydrogen-bond donors (Lipinski definition) is 1. The molecule has 0 bridgehead atoms. The van der Waals surface area contributed by atoms with Crippen LogP contribution in [0.2, 0.25) is 0 Å². The van der Waals surface area contributed by atoms with Crippen molar-refractivity contribution in [1.29, 1.82) is 0 Å². The molecule has 110 valence electrons. The predicted octanol–water partition coefficient (Wildman–Crippen LogP) is 2.66. The lowest BCUT2D eigenvalue weighted by Crippen LogP contribution is -2.39. The van der Waals surface area contributed by atoms with Gasteiger partial charge in [-0.2, -0.15) is 0 Å². The third kappa shape index (κ3) is 5.62. The zero-order chi connectivity index (χ0) is 14.3. The van der Waals surface area contributed by atoms with E-state index in [9.17, 15) is 9.59 Å². The Morgan fingerprint density at radius 1 is 1.16 bits per heavy atom. The minimum Gasteiger partial charge on any atom is -0.469 e. The van der Waals surface area contributed by atoms with Gasteiger partial charge in [0.05, 0.1) is 13.5 Å². The number of nitrogens with one attached hydrogen (secondary N) is 1. The Morgan fingerprint density at radius 3 is 2.37 bits per heavy atom. The van der Waals surface area contributed by atoms with E-state index in [4.69, 9.17) is 0 Å². The number of amides is 1. The summed E-state index contributed by atoms with van der Waals surface area (Å²) in [5.74, 6) is 0.304. The van der Waals surface area contributed by atoms with Gasteiger partial charge in [-0.3, -0.25) is 9.59 Å². The lowest BCUT2D eigenvalue weighted by atomic mass is 9.71. The summed E-state index contributed by atoms with van der Waals surface area (Å²) < 4.78 is 4.52. The van der Waals surface area contributed by atoms with Crippen molar-refractivity contribution in [3.8, 4) is 0 Å². The third-order valence-corrected chi connectivity index (χ3v) is 4.24. The highest BCUT2D eigenvalue weighted by molar-refractivity contribution is 5.81. The molecule has 0 aliphatic heterocycles. The maximum absolute atomic E-state index is 11.7. The van der Waals surface area contributed by atoms with Crippen LogP contribution < -0.4 is 5.32 Å². The number of ether oxygens (including phenoxy) is 1. The lowest BCUT2D eigenvalue weighted by Gasteiger charge is -2.37. The number of rotatable bonds is 6. The first-order valence-corrected chi connectivity index (χ1v) is 7.29. The van der Waals surface area contributed by atoms with Crippen molar-refractivity contribution < 1.29 is 14.3 Å². The fraction of sp³-hybridized carbons (Fsp3) is 0.867. The molecule has 0 saturated heterocycles. The molecule has 0 aromatic carbocycles. The number of carbonyl (C=O) groups excluding carboxylic acids is 2. The smallest absolute Gasteiger partial charge is 0.306 e. The molecular formula is C15H27NO3. The number of hydrogen-bond acceptors (Lipinski definition) is 3. The Kier molecular flexibility index (Phi) is 6.32. The van der Waals surface area contributed by atoms with E-state index in [2.05, 4.69) is 23.9 Å². The van der Waals surface area contributed by atoms with E-state index < -0.39 is 0 Å². The largest absolute Gasteiger partial charge is 0.469 e. The van der Waals surface area contributed by atoms with E-state index in [0.717, 1.165) is 0 Å². The van der Waals surface area contributed by atoms with Gasteiger partial charge < -0.3 is 10.1 Å². The average molecular weight is 269 g/mol. The van der Waals surface area contributed by atoms with E-state index in [0.29, 0.717) is 12.5 Å². The predicted molar refractivity (Wildman–Crippen MR) is 74.6 cm³/mol. The van der Waals surface area contributed by atoms with Crippen molar-refractivity contribution in [2.45, 2.75) is 58.8 Å². The summed E-state index contributed by atoms with van der Waals surface area (Å²) in [5.41, 5.74) is 0.140. The van der Waals surface area contributed by atoms with Crippen LogP contribution in [0.5, 0.6) is 0 Å². The minimum atomic E-state index is -0.332. The Hall–Kier alpha value is -1.06. The van der Waals surface area contributed by atoms with E-state index in [1.165, 1.54) is 39.2 Å². The Labute approximate surface area is 116 Å². The van der Waals surface area contributed by atoms with E-state index in [1.807, 2.05) is 0 Å². The first kappa shape index (κ1) is 16.0. The Bertz CT molecular complexity index is 307. The summed E-state index contributed by atoms with van der Waals surface area (Å²) >= 11 is 0. The van der Waals surface area contributed by atoms with Crippen molar-refractivity contribution in [2.75, 3.05) is 13.7 Å². The Balaban J connectivity index is 2.29. The second-order valence-electron chi connectivity index (χ2n) is 6.18. The molecule has 0 aromatic heterocycles. The van der Waals surface area contributed by atoms with Gasteiger partial charge in [0.25, 0.3) is 0 Å². The standard InChI is InChI=1S/C15H27NO3/c1-15(2,12-7-5-4-6-8-12)11-16-13(17)9-10-14(18)19-3/h12H,4-11H2,1-3H3,(H,16,17). The summed E-state index contributed by atoms with van der Waals surface area (Å²) in [5, 5.41) is 2.95. The minimum absolute atomic E-state index is 0.0608. The summed E-state index contributed by atoms with van der Waals surface area (Å²) in [6.07, 6.45) is 6.88. The van der Waals surface area contributed by atoms with Gasteiger partial charge in [0, 0.05) is 13.0 Å². The normalized spacial score (nSPS) is 17.0. The van der Waals surface area contributed by atoms with Crippen LogP contribution in [0.1, 0.15) is 58.8 Å². The molecular weight excluding hydrogens is 242 g/mol. The highest BCUT2D eigenvalue weighted by Crippen LogP contribution is 2.37. The monoisotopic (exact) mass is 269 g/mol. The number of methoxy groups -OCH3 is 1. The molecule has 4 heteroatoms. The summed E-state index contributed by atoms with van der Waals surface area (Å²) in [6.45, 7) is 5.14. The molecule has 1 amide bonds. The van der Waals surface area contributed by atoms with Gasteiger partial charge >= 0.3 is 5.97 Å². The van der Waals surface area contributed by atoms with Crippen molar-refractivity contribution in [3.05, 3.63) is 0 Å². The number of carbonyl (C=O) groups is 2. The van der Waals surface area contributed by atoms with Crippen LogP contribution in [0.25, 0.3) is 0 Å². The lowest BCUT2D eigenvalue weighted by molar-refractivity contribution is -0.142. The van der Waals surface area contributed by atoms with Gasteiger partial charge in [0.2, 0.25) is 5.91 Å². The molecule has 0 spiro atoms. The molecule has 0 aromatic rings. The average Bonchev–Trinajstić information content (AvgIpc) is 2.43.